The van der Waals surface area contributed by atoms with Crippen LogP contribution in [0.4, 0.5) is 0 Å². The Bertz CT molecular complexity index is 592. The minimum Gasteiger partial charge on any atom is -0.497 e. The summed E-state index contributed by atoms with van der Waals surface area (Å²) in [6.07, 6.45) is 0. The van der Waals surface area contributed by atoms with Crippen LogP contribution in [0.3, 0.4) is 0 Å². The summed E-state index contributed by atoms with van der Waals surface area (Å²) in [6, 6.07) is 5.45. The lowest BCUT2D eigenvalue weighted by Crippen LogP contribution is -2.20. The standard InChI is InChI=1S/C12H14ClN3O2/c1-7(13)12-15-9-5-8(18-2)3-4-10(9)16(12)6-11(14)17/h3-5,7H,6H2,1-2H3,(H2,14,17). The van der Waals surface area contributed by atoms with E-state index in [2.05, 4.69) is 4.98 Å². The van der Waals surface area contributed by atoms with Gasteiger partial charge in [0.25, 0.3) is 0 Å². The second-order valence-corrected chi connectivity index (χ2v) is 4.65. The molecule has 0 saturated heterocycles. The Kier molecular flexibility index (Phi) is 3.43. The summed E-state index contributed by atoms with van der Waals surface area (Å²) in [6.45, 7) is 1.87. The van der Waals surface area contributed by atoms with Gasteiger partial charge >= 0.3 is 0 Å². The van der Waals surface area contributed by atoms with Crippen LogP contribution in [-0.4, -0.2) is 22.6 Å². The lowest BCUT2D eigenvalue weighted by molar-refractivity contribution is -0.118. The molecule has 0 aliphatic rings. The van der Waals surface area contributed by atoms with Gasteiger partial charge in [0.2, 0.25) is 5.91 Å². The van der Waals surface area contributed by atoms with Crippen molar-refractivity contribution in [2.75, 3.05) is 7.11 Å². The van der Waals surface area contributed by atoms with Gasteiger partial charge < -0.3 is 15.0 Å². The van der Waals surface area contributed by atoms with E-state index in [1.54, 1.807) is 24.7 Å². The SMILES string of the molecule is COc1ccc2c(c1)nc(C(C)Cl)n2CC(N)=O. The lowest BCUT2D eigenvalue weighted by Gasteiger charge is -2.08. The summed E-state index contributed by atoms with van der Waals surface area (Å²) in [7, 11) is 1.59. The van der Waals surface area contributed by atoms with E-state index in [0.717, 1.165) is 11.0 Å². The number of ether oxygens (including phenoxy) is 1. The van der Waals surface area contributed by atoms with Gasteiger partial charge in [-0.2, -0.15) is 0 Å². The highest BCUT2D eigenvalue weighted by Crippen LogP contribution is 2.26. The van der Waals surface area contributed by atoms with Crippen molar-refractivity contribution in [1.29, 1.82) is 0 Å². The predicted molar refractivity (Wildman–Crippen MR) is 69.7 cm³/mol. The average Bonchev–Trinajstić information content (AvgIpc) is 2.66. The number of primary amides is 1. The predicted octanol–water partition coefficient (Wildman–Crippen LogP) is 1.83. The summed E-state index contributed by atoms with van der Waals surface area (Å²) in [5, 5.41) is -0.303. The minimum atomic E-state index is -0.427. The molecule has 0 saturated carbocycles. The Balaban J connectivity index is 2.63. The highest BCUT2D eigenvalue weighted by atomic mass is 35.5. The van der Waals surface area contributed by atoms with Crippen molar-refractivity contribution in [3.05, 3.63) is 24.0 Å². The zero-order valence-corrected chi connectivity index (χ0v) is 10.9. The molecule has 0 spiro atoms. The van der Waals surface area contributed by atoms with Crippen LogP contribution in [0.2, 0.25) is 0 Å². The Hall–Kier alpha value is -1.75. The first kappa shape index (κ1) is 12.7. The number of halogens is 1. The van der Waals surface area contributed by atoms with Gasteiger partial charge in [-0.3, -0.25) is 4.79 Å². The molecule has 1 aromatic heterocycles. The molecular formula is C12H14ClN3O2. The van der Waals surface area contributed by atoms with Gasteiger partial charge in [0.05, 0.1) is 23.5 Å². The van der Waals surface area contributed by atoms with Crippen molar-refractivity contribution in [2.24, 2.45) is 5.73 Å². The number of carbonyl (C=O) groups is 1. The molecule has 2 N–H and O–H groups in total. The van der Waals surface area contributed by atoms with Gasteiger partial charge in [0, 0.05) is 6.07 Å². The zero-order chi connectivity index (χ0) is 13.3. The van der Waals surface area contributed by atoms with Gasteiger partial charge in [0.1, 0.15) is 18.1 Å². The molecule has 0 fully saturated rings. The maximum Gasteiger partial charge on any atom is 0.237 e. The molecular weight excluding hydrogens is 254 g/mol. The average molecular weight is 268 g/mol. The molecule has 5 nitrogen and oxygen atoms in total. The van der Waals surface area contributed by atoms with Gasteiger partial charge in [-0.1, -0.05) is 0 Å². The smallest absolute Gasteiger partial charge is 0.237 e. The number of hydrogen-bond acceptors (Lipinski definition) is 3. The van der Waals surface area contributed by atoms with Crippen LogP contribution in [0.25, 0.3) is 11.0 Å². The summed E-state index contributed by atoms with van der Waals surface area (Å²) in [4.78, 5) is 15.5. The molecule has 18 heavy (non-hydrogen) atoms. The van der Waals surface area contributed by atoms with Crippen LogP contribution in [0.5, 0.6) is 5.75 Å². The molecule has 2 aromatic rings. The summed E-state index contributed by atoms with van der Waals surface area (Å²) >= 11 is 6.07. The van der Waals surface area contributed by atoms with Crippen molar-refractivity contribution < 1.29 is 9.53 Å². The van der Waals surface area contributed by atoms with Gasteiger partial charge in [-0.15, -0.1) is 11.6 Å². The van der Waals surface area contributed by atoms with Crippen molar-refractivity contribution in [2.45, 2.75) is 18.8 Å². The molecule has 1 atom stereocenters. The maximum atomic E-state index is 11.1. The quantitative estimate of drug-likeness (QED) is 0.859. The Morgan fingerprint density at radius 1 is 1.61 bits per heavy atom. The Morgan fingerprint density at radius 3 is 2.89 bits per heavy atom. The van der Waals surface area contributed by atoms with E-state index in [1.165, 1.54) is 0 Å². The molecule has 6 heteroatoms. The van der Waals surface area contributed by atoms with Crippen molar-refractivity contribution in [3.63, 3.8) is 0 Å². The second-order valence-electron chi connectivity index (χ2n) is 3.99. The first-order valence-electron chi connectivity index (χ1n) is 5.49. The van der Waals surface area contributed by atoms with Crippen LogP contribution in [0, 0.1) is 0 Å². The number of nitrogens with zero attached hydrogens (tertiary/aromatic N) is 2. The molecule has 0 bridgehead atoms. The number of fused-ring (bicyclic) bond motifs is 1. The maximum absolute atomic E-state index is 11.1. The largest absolute Gasteiger partial charge is 0.497 e. The van der Waals surface area contributed by atoms with Crippen molar-refractivity contribution in [3.8, 4) is 5.75 Å². The van der Waals surface area contributed by atoms with E-state index in [-0.39, 0.29) is 11.9 Å². The zero-order valence-electron chi connectivity index (χ0n) is 10.2. The third-order valence-electron chi connectivity index (χ3n) is 2.65. The fourth-order valence-corrected chi connectivity index (χ4v) is 2.05. The molecule has 2 rings (SSSR count). The number of nitrogens with two attached hydrogens (primary N) is 1. The summed E-state index contributed by atoms with van der Waals surface area (Å²) < 4.78 is 6.87. The monoisotopic (exact) mass is 267 g/mol. The van der Waals surface area contributed by atoms with Gasteiger partial charge in [-0.25, -0.2) is 4.98 Å². The topological polar surface area (TPSA) is 70.1 Å². The Labute approximate surface area is 109 Å². The first-order valence-corrected chi connectivity index (χ1v) is 5.93. The molecule has 0 radical (unpaired) electrons. The van der Waals surface area contributed by atoms with Gasteiger partial charge in [-0.05, 0) is 19.1 Å². The van der Waals surface area contributed by atoms with Crippen LogP contribution < -0.4 is 10.5 Å². The van der Waals surface area contributed by atoms with Crippen LogP contribution in [0.1, 0.15) is 18.1 Å². The van der Waals surface area contributed by atoms with E-state index in [1.807, 2.05) is 12.1 Å². The van der Waals surface area contributed by atoms with E-state index >= 15 is 0 Å². The number of hydrogen-bond donors (Lipinski definition) is 1. The number of aromatic nitrogens is 2. The summed E-state index contributed by atoms with van der Waals surface area (Å²) in [5.41, 5.74) is 6.80. The minimum absolute atomic E-state index is 0.0647. The van der Waals surface area contributed by atoms with E-state index in [4.69, 9.17) is 22.1 Å². The van der Waals surface area contributed by atoms with E-state index in [9.17, 15) is 4.79 Å². The molecule has 1 amide bonds. The highest BCUT2D eigenvalue weighted by Gasteiger charge is 2.16. The number of benzene rings is 1. The van der Waals surface area contributed by atoms with E-state index < -0.39 is 5.91 Å². The highest BCUT2D eigenvalue weighted by molar-refractivity contribution is 6.20. The summed E-state index contributed by atoms with van der Waals surface area (Å²) in [5.74, 6) is 0.905. The third-order valence-corrected chi connectivity index (χ3v) is 2.85. The molecule has 0 aliphatic heterocycles. The third kappa shape index (κ3) is 2.26. The first-order chi connectivity index (χ1) is 8.52. The molecule has 1 aromatic carbocycles. The lowest BCUT2D eigenvalue weighted by atomic mass is 10.3. The molecule has 96 valence electrons. The number of imidazole rings is 1. The molecule has 1 heterocycles. The fourth-order valence-electron chi connectivity index (χ4n) is 1.88. The van der Waals surface area contributed by atoms with E-state index in [0.29, 0.717) is 11.6 Å². The number of alkyl halides is 1. The van der Waals surface area contributed by atoms with Crippen LogP contribution in [0.15, 0.2) is 18.2 Å². The number of amides is 1. The van der Waals surface area contributed by atoms with Crippen molar-refractivity contribution >= 4 is 28.5 Å². The Morgan fingerprint density at radius 2 is 2.33 bits per heavy atom. The molecule has 0 aliphatic carbocycles. The number of methoxy groups -OCH3 is 1. The molecule has 1 unspecified atom stereocenters. The fraction of sp³-hybridized carbons (Fsp3) is 0.333. The van der Waals surface area contributed by atoms with Crippen molar-refractivity contribution in [1.82, 2.24) is 9.55 Å². The number of carbonyl (C=O) groups excluding carboxylic acids is 1. The van der Waals surface area contributed by atoms with Crippen LogP contribution >= 0.6 is 11.6 Å². The second kappa shape index (κ2) is 4.86. The van der Waals surface area contributed by atoms with Gasteiger partial charge in [0.15, 0.2) is 0 Å². The number of rotatable bonds is 4. The van der Waals surface area contributed by atoms with Crippen LogP contribution in [-0.2, 0) is 11.3 Å². The normalized spacial score (nSPS) is 12.6.